The zero-order valence-electron chi connectivity index (χ0n) is 8.91. The summed E-state index contributed by atoms with van der Waals surface area (Å²) in [7, 11) is 0. The fourth-order valence-electron chi connectivity index (χ4n) is 1.64. The SMILES string of the molecule is Cc1cccc(CC(Cl)c2ccc(Cl)s2)c1. The van der Waals surface area contributed by atoms with E-state index in [1.807, 2.05) is 12.1 Å². The molecule has 0 nitrogen and oxygen atoms in total. The molecule has 0 saturated heterocycles. The Hall–Kier alpha value is -0.500. The lowest BCUT2D eigenvalue weighted by Crippen LogP contribution is -1.93. The number of rotatable bonds is 3. The molecule has 0 amide bonds. The second kappa shape index (κ2) is 5.22. The third-order valence-corrected chi connectivity index (χ3v) is 4.26. The van der Waals surface area contributed by atoms with Crippen LogP contribution < -0.4 is 0 Å². The summed E-state index contributed by atoms with van der Waals surface area (Å²) in [5.74, 6) is 0. The maximum atomic E-state index is 6.36. The van der Waals surface area contributed by atoms with Crippen molar-refractivity contribution in [1.82, 2.24) is 0 Å². The highest BCUT2D eigenvalue weighted by Crippen LogP contribution is 2.33. The number of hydrogen-bond acceptors (Lipinski definition) is 1. The van der Waals surface area contributed by atoms with Crippen LogP contribution in [0.1, 0.15) is 21.4 Å². The van der Waals surface area contributed by atoms with E-state index in [1.54, 1.807) is 11.3 Å². The highest BCUT2D eigenvalue weighted by atomic mass is 35.5. The van der Waals surface area contributed by atoms with Gasteiger partial charge in [-0.1, -0.05) is 41.4 Å². The summed E-state index contributed by atoms with van der Waals surface area (Å²) in [6.07, 6.45) is 0.847. The normalized spacial score (nSPS) is 12.7. The molecule has 84 valence electrons. The molecule has 3 heteroatoms. The van der Waals surface area contributed by atoms with Gasteiger partial charge >= 0.3 is 0 Å². The summed E-state index contributed by atoms with van der Waals surface area (Å²) in [5.41, 5.74) is 2.54. The molecule has 1 aromatic heterocycles. The molecule has 2 rings (SSSR count). The molecule has 0 N–H and O–H groups in total. The Labute approximate surface area is 110 Å². The van der Waals surface area contributed by atoms with Gasteiger partial charge in [0.05, 0.1) is 9.71 Å². The molecule has 1 atom stereocenters. The Bertz CT molecular complexity index is 476. The minimum atomic E-state index is 0.0132. The van der Waals surface area contributed by atoms with Crippen molar-refractivity contribution < 1.29 is 0 Å². The fraction of sp³-hybridized carbons (Fsp3) is 0.231. The van der Waals surface area contributed by atoms with Gasteiger partial charge in [0.25, 0.3) is 0 Å². The Balaban J connectivity index is 2.10. The van der Waals surface area contributed by atoms with Gasteiger partial charge in [0.15, 0.2) is 0 Å². The van der Waals surface area contributed by atoms with Gasteiger partial charge < -0.3 is 0 Å². The summed E-state index contributed by atoms with van der Waals surface area (Å²) >= 11 is 13.8. The van der Waals surface area contributed by atoms with Crippen LogP contribution in [0.25, 0.3) is 0 Å². The van der Waals surface area contributed by atoms with Crippen molar-refractivity contribution in [2.75, 3.05) is 0 Å². The molecule has 0 saturated carbocycles. The van der Waals surface area contributed by atoms with Gasteiger partial charge in [-0.25, -0.2) is 0 Å². The van der Waals surface area contributed by atoms with E-state index in [-0.39, 0.29) is 5.38 Å². The molecule has 0 aliphatic carbocycles. The van der Waals surface area contributed by atoms with Gasteiger partial charge in [0, 0.05) is 4.88 Å². The topological polar surface area (TPSA) is 0 Å². The van der Waals surface area contributed by atoms with Crippen LogP contribution in [-0.4, -0.2) is 0 Å². The van der Waals surface area contributed by atoms with Crippen molar-refractivity contribution in [2.45, 2.75) is 18.7 Å². The van der Waals surface area contributed by atoms with E-state index in [4.69, 9.17) is 23.2 Å². The van der Waals surface area contributed by atoms with E-state index < -0.39 is 0 Å². The van der Waals surface area contributed by atoms with Crippen LogP contribution in [0, 0.1) is 6.92 Å². The molecule has 0 bridgehead atoms. The first-order valence-electron chi connectivity index (χ1n) is 5.10. The average Bonchev–Trinajstić information content (AvgIpc) is 2.65. The summed E-state index contributed by atoms with van der Waals surface area (Å²) in [5, 5.41) is 0.0132. The molecule has 1 heterocycles. The molecule has 1 aromatic carbocycles. The number of benzene rings is 1. The highest BCUT2D eigenvalue weighted by Gasteiger charge is 2.11. The molecule has 0 spiro atoms. The van der Waals surface area contributed by atoms with E-state index >= 15 is 0 Å². The fourth-order valence-corrected chi connectivity index (χ4v) is 3.07. The smallest absolute Gasteiger partial charge is 0.0931 e. The van der Waals surface area contributed by atoms with E-state index in [2.05, 4.69) is 31.2 Å². The first-order chi connectivity index (χ1) is 7.65. The summed E-state index contributed by atoms with van der Waals surface area (Å²) in [6, 6.07) is 12.3. The lowest BCUT2D eigenvalue weighted by Gasteiger charge is -2.07. The number of thiophene rings is 1. The van der Waals surface area contributed by atoms with Crippen LogP contribution in [0.2, 0.25) is 4.34 Å². The maximum Gasteiger partial charge on any atom is 0.0931 e. The van der Waals surface area contributed by atoms with Gasteiger partial charge in [-0.2, -0.15) is 0 Å². The quantitative estimate of drug-likeness (QED) is 0.670. The molecule has 2 aromatic rings. The lowest BCUT2D eigenvalue weighted by molar-refractivity contribution is 0.938. The summed E-state index contributed by atoms with van der Waals surface area (Å²) < 4.78 is 0.796. The van der Waals surface area contributed by atoms with Gasteiger partial charge in [-0.15, -0.1) is 22.9 Å². The van der Waals surface area contributed by atoms with Crippen LogP contribution in [0.5, 0.6) is 0 Å². The van der Waals surface area contributed by atoms with Crippen LogP contribution in [0.3, 0.4) is 0 Å². The molecular formula is C13H12Cl2S. The molecular weight excluding hydrogens is 259 g/mol. The number of alkyl halides is 1. The van der Waals surface area contributed by atoms with Gasteiger partial charge in [-0.3, -0.25) is 0 Å². The van der Waals surface area contributed by atoms with Crippen molar-refractivity contribution in [3.8, 4) is 0 Å². The van der Waals surface area contributed by atoms with Crippen LogP contribution in [0.15, 0.2) is 36.4 Å². The second-order valence-electron chi connectivity index (χ2n) is 3.80. The zero-order chi connectivity index (χ0) is 11.5. The standard InChI is InChI=1S/C13H12Cl2S/c1-9-3-2-4-10(7-9)8-11(14)12-5-6-13(15)16-12/h2-7,11H,8H2,1H3. The molecule has 1 unspecified atom stereocenters. The monoisotopic (exact) mass is 270 g/mol. The van der Waals surface area contributed by atoms with Crippen LogP contribution in [-0.2, 0) is 6.42 Å². The van der Waals surface area contributed by atoms with Crippen LogP contribution in [0.4, 0.5) is 0 Å². The van der Waals surface area contributed by atoms with E-state index in [0.717, 1.165) is 15.6 Å². The minimum absolute atomic E-state index is 0.0132. The molecule has 0 aliphatic heterocycles. The summed E-state index contributed by atoms with van der Waals surface area (Å²) in [6.45, 7) is 2.09. The molecule has 0 radical (unpaired) electrons. The van der Waals surface area contributed by atoms with Crippen molar-refractivity contribution >= 4 is 34.5 Å². The predicted octanol–water partition coefficient (Wildman–Crippen LogP) is 5.23. The largest absolute Gasteiger partial charge is 0.127 e. The van der Waals surface area contributed by atoms with E-state index in [1.165, 1.54) is 11.1 Å². The van der Waals surface area contributed by atoms with Gasteiger partial charge in [0.1, 0.15) is 0 Å². The van der Waals surface area contributed by atoms with Crippen molar-refractivity contribution in [3.63, 3.8) is 0 Å². The van der Waals surface area contributed by atoms with Crippen molar-refractivity contribution in [3.05, 3.63) is 56.7 Å². The third-order valence-electron chi connectivity index (χ3n) is 2.40. The second-order valence-corrected chi connectivity index (χ2v) is 6.08. The van der Waals surface area contributed by atoms with Gasteiger partial charge in [-0.05, 0) is 31.0 Å². The van der Waals surface area contributed by atoms with Crippen LogP contribution >= 0.6 is 34.5 Å². The Morgan fingerprint density at radius 2 is 2.06 bits per heavy atom. The predicted molar refractivity (Wildman–Crippen MR) is 72.8 cm³/mol. The minimum Gasteiger partial charge on any atom is -0.127 e. The summed E-state index contributed by atoms with van der Waals surface area (Å²) in [4.78, 5) is 1.13. The first kappa shape index (κ1) is 12.0. The first-order valence-corrected chi connectivity index (χ1v) is 6.73. The number of halogens is 2. The average molecular weight is 271 g/mol. The number of hydrogen-bond donors (Lipinski definition) is 0. The highest BCUT2D eigenvalue weighted by molar-refractivity contribution is 7.16. The molecule has 0 fully saturated rings. The lowest BCUT2D eigenvalue weighted by atomic mass is 10.1. The van der Waals surface area contributed by atoms with Crippen molar-refractivity contribution in [1.29, 1.82) is 0 Å². The van der Waals surface area contributed by atoms with Crippen molar-refractivity contribution in [2.24, 2.45) is 0 Å². The maximum absolute atomic E-state index is 6.36. The Morgan fingerprint density at radius 3 is 2.69 bits per heavy atom. The molecule has 16 heavy (non-hydrogen) atoms. The van der Waals surface area contributed by atoms with E-state index in [0.29, 0.717) is 0 Å². The Morgan fingerprint density at radius 1 is 1.25 bits per heavy atom. The molecule has 0 aliphatic rings. The Kier molecular flexibility index (Phi) is 3.91. The third kappa shape index (κ3) is 3.00. The zero-order valence-corrected chi connectivity index (χ0v) is 11.2. The van der Waals surface area contributed by atoms with Gasteiger partial charge in [0.2, 0.25) is 0 Å². The van der Waals surface area contributed by atoms with E-state index in [9.17, 15) is 0 Å². The number of aryl methyl sites for hydroxylation is 1.